The van der Waals surface area contributed by atoms with Gasteiger partial charge in [-0.15, -0.1) is 5.10 Å². The third kappa shape index (κ3) is 3.46. The molecule has 0 unspecified atom stereocenters. The zero-order chi connectivity index (χ0) is 20.8. The Bertz CT molecular complexity index is 1170. The highest BCUT2D eigenvalue weighted by Gasteiger charge is 2.25. The average Bonchev–Trinajstić information content (AvgIpc) is 3.14. The maximum atomic E-state index is 4.49. The first-order valence-electron chi connectivity index (χ1n) is 10.2. The Morgan fingerprint density at radius 3 is 1.79 bits per heavy atom. The number of hydrogen-bond acceptors (Lipinski definition) is 2. The Kier molecular flexibility index (Phi) is 4.57. The molecule has 1 aromatic heterocycles. The number of hydrogen-bond donors (Lipinski definition) is 1. The molecule has 0 spiro atoms. The summed E-state index contributed by atoms with van der Waals surface area (Å²) in [4.78, 5) is 0. The molecule has 148 valence electrons. The van der Waals surface area contributed by atoms with E-state index in [1.165, 1.54) is 27.8 Å². The molecule has 1 N–H and O–H groups in total. The van der Waals surface area contributed by atoms with Crippen molar-refractivity contribution in [1.82, 2.24) is 15.4 Å². The van der Waals surface area contributed by atoms with Crippen LogP contribution in [0, 0.1) is 0 Å². The van der Waals surface area contributed by atoms with Crippen LogP contribution in [0.4, 0.5) is 0 Å². The van der Waals surface area contributed by atoms with Crippen LogP contribution in [0.25, 0.3) is 33.3 Å². The third-order valence-electron chi connectivity index (χ3n) is 5.53. The molecule has 0 fully saturated rings. The number of benzene rings is 3. The SMILES string of the molecule is CC(C)(C)c1ccccc1-c1ccc2[nH]nnc2c1-c1ccccc1C(C)(C)C. The van der Waals surface area contributed by atoms with Crippen LogP contribution in [-0.2, 0) is 10.8 Å². The van der Waals surface area contributed by atoms with E-state index < -0.39 is 0 Å². The van der Waals surface area contributed by atoms with Crippen molar-refractivity contribution in [2.24, 2.45) is 0 Å². The molecule has 0 aliphatic carbocycles. The number of H-pyrrole nitrogens is 1. The lowest BCUT2D eigenvalue weighted by Crippen LogP contribution is -2.14. The van der Waals surface area contributed by atoms with Gasteiger partial charge in [0.15, 0.2) is 0 Å². The van der Waals surface area contributed by atoms with Crippen molar-refractivity contribution in [3.63, 3.8) is 0 Å². The normalized spacial score (nSPS) is 12.5. The van der Waals surface area contributed by atoms with Crippen LogP contribution in [0.15, 0.2) is 60.7 Å². The molecule has 3 nitrogen and oxygen atoms in total. The van der Waals surface area contributed by atoms with Crippen LogP contribution >= 0.6 is 0 Å². The standard InChI is InChI=1S/C26H29N3/c1-25(2,3)20-13-9-7-11-17(20)18-15-16-22-24(28-29-27-22)23(18)19-12-8-10-14-21(19)26(4,5)6/h7-16H,1-6H3,(H,27,28,29). The van der Waals surface area contributed by atoms with Gasteiger partial charge in [-0.1, -0.05) is 101 Å². The fourth-order valence-corrected chi connectivity index (χ4v) is 4.14. The molecule has 0 bridgehead atoms. The molecular weight excluding hydrogens is 354 g/mol. The molecule has 0 amide bonds. The second-order valence-corrected chi connectivity index (χ2v) is 9.79. The Morgan fingerprint density at radius 1 is 0.621 bits per heavy atom. The maximum absolute atomic E-state index is 4.49. The molecule has 0 aliphatic heterocycles. The summed E-state index contributed by atoms with van der Waals surface area (Å²) in [5.74, 6) is 0. The van der Waals surface area contributed by atoms with Gasteiger partial charge in [0.25, 0.3) is 0 Å². The van der Waals surface area contributed by atoms with Crippen LogP contribution in [0.2, 0.25) is 0 Å². The summed E-state index contributed by atoms with van der Waals surface area (Å²) in [6.07, 6.45) is 0. The van der Waals surface area contributed by atoms with E-state index in [-0.39, 0.29) is 10.8 Å². The summed E-state index contributed by atoms with van der Waals surface area (Å²) in [5.41, 5.74) is 9.40. The van der Waals surface area contributed by atoms with Crippen molar-refractivity contribution in [2.75, 3.05) is 0 Å². The van der Waals surface area contributed by atoms with E-state index in [1.807, 2.05) is 0 Å². The van der Waals surface area contributed by atoms with E-state index in [0.29, 0.717) is 0 Å². The number of nitrogens with one attached hydrogen (secondary N) is 1. The smallest absolute Gasteiger partial charge is 0.121 e. The molecule has 0 aliphatic rings. The molecule has 0 atom stereocenters. The number of nitrogens with zero attached hydrogens (tertiary/aromatic N) is 2. The molecule has 0 saturated heterocycles. The van der Waals surface area contributed by atoms with Gasteiger partial charge in [-0.25, -0.2) is 0 Å². The largest absolute Gasteiger partial charge is 0.258 e. The van der Waals surface area contributed by atoms with E-state index >= 15 is 0 Å². The molecule has 4 rings (SSSR count). The molecular formula is C26H29N3. The van der Waals surface area contributed by atoms with Crippen molar-refractivity contribution in [2.45, 2.75) is 52.4 Å². The Hall–Kier alpha value is -2.94. The van der Waals surface area contributed by atoms with Crippen LogP contribution in [0.3, 0.4) is 0 Å². The van der Waals surface area contributed by atoms with E-state index in [1.54, 1.807) is 0 Å². The highest BCUT2D eigenvalue weighted by Crippen LogP contribution is 2.43. The summed E-state index contributed by atoms with van der Waals surface area (Å²) < 4.78 is 0. The molecule has 0 saturated carbocycles. The number of aromatic amines is 1. The van der Waals surface area contributed by atoms with Gasteiger partial charge in [-0.3, -0.25) is 5.10 Å². The van der Waals surface area contributed by atoms with Crippen LogP contribution < -0.4 is 0 Å². The van der Waals surface area contributed by atoms with Gasteiger partial charge in [0.05, 0.1) is 5.52 Å². The predicted octanol–water partition coefficient (Wildman–Crippen LogP) is 6.89. The molecule has 4 aromatic rings. The lowest BCUT2D eigenvalue weighted by molar-refractivity contribution is 0.591. The molecule has 0 radical (unpaired) electrons. The Morgan fingerprint density at radius 2 is 1.17 bits per heavy atom. The van der Waals surface area contributed by atoms with Crippen LogP contribution in [-0.4, -0.2) is 15.4 Å². The minimum Gasteiger partial charge on any atom is -0.258 e. The van der Waals surface area contributed by atoms with E-state index in [9.17, 15) is 0 Å². The monoisotopic (exact) mass is 383 g/mol. The minimum atomic E-state index is 0.0172. The first-order valence-corrected chi connectivity index (χ1v) is 10.2. The van der Waals surface area contributed by atoms with Crippen LogP contribution in [0.5, 0.6) is 0 Å². The first kappa shape index (κ1) is 19.4. The van der Waals surface area contributed by atoms with Crippen molar-refractivity contribution in [3.8, 4) is 22.3 Å². The van der Waals surface area contributed by atoms with Crippen molar-refractivity contribution in [1.29, 1.82) is 0 Å². The zero-order valence-electron chi connectivity index (χ0n) is 18.2. The highest BCUT2D eigenvalue weighted by molar-refractivity contribution is 6.02. The summed E-state index contributed by atoms with van der Waals surface area (Å²) in [6, 6.07) is 21.7. The fraction of sp³-hybridized carbons (Fsp3) is 0.308. The predicted molar refractivity (Wildman–Crippen MR) is 122 cm³/mol. The second-order valence-electron chi connectivity index (χ2n) is 9.79. The molecule has 1 heterocycles. The van der Waals surface area contributed by atoms with E-state index in [2.05, 4.69) is 118 Å². The second kappa shape index (κ2) is 6.84. The van der Waals surface area contributed by atoms with Gasteiger partial charge in [0.2, 0.25) is 0 Å². The summed E-state index contributed by atoms with van der Waals surface area (Å²) >= 11 is 0. The lowest BCUT2D eigenvalue weighted by atomic mass is 9.77. The van der Waals surface area contributed by atoms with Crippen molar-refractivity contribution < 1.29 is 0 Å². The molecule has 3 aromatic carbocycles. The van der Waals surface area contributed by atoms with Gasteiger partial charge >= 0.3 is 0 Å². The summed E-state index contributed by atoms with van der Waals surface area (Å²) in [6.45, 7) is 13.6. The van der Waals surface area contributed by atoms with Gasteiger partial charge in [0.1, 0.15) is 5.52 Å². The van der Waals surface area contributed by atoms with Gasteiger partial charge in [0, 0.05) is 5.56 Å². The maximum Gasteiger partial charge on any atom is 0.121 e. The number of aromatic nitrogens is 3. The number of fused-ring (bicyclic) bond motifs is 1. The quantitative estimate of drug-likeness (QED) is 0.409. The molecule has 29 heavy (non-hydrogen) atoms. The summed E-state index contributed by atoms with van der Waals surface area (Å²) in [7, 11) is 0. The molecule has 3 heteroatoms. The van der Waals surface area contributed by atoms with E-state index in [0.717, 1.165) is 16.6 Å². The van der Waals surface area contributed by atoms with Gasteiger partial charge in [-0.05, 0) is 44.7 Å². The van der Waals surface area contributed by atoms with E-state index in [4.69, 9.17) is 0 Å². The van der Waals surface area contributed by atoms with Crippen molar-refractivity contribution in [3.05, 3.63) is 71.8 Å². The van der Waals surface area contributed by atoms with Crippen molar-refractivity contribution >= 4 is 11.0 Å². The topological polar surface area (TPSA) is 41.6 Å². The summed E-state index contributed by atoms with van der Waals surface area (Å²) in [5, 5.41) is 11.7. The Balaban J connectivity index is 2.12. The fourth-order valence-electron chi connectivity index (χ4n) is 4.14. The lowest BCUT2D eigenvalue weighted by Gasteiger charge is -2.26. The highest BCUT2D eigenvalue weighted by atomic mass is 15.3. The van der Waals surface area contributed by atoms with Gasteiger partial charge in [-0.2, -0.15) is 0 Å². The number of rotatable bonds is 2. The average molecular weight is 384 g/mol. The van der Waals surface area contributed by atoms with Gasteiger partial charge < -0.3 is 0 Å². The zero-order valence-corrected chi connectivity index (χ0v) is 18.2. The van der Waals surface area contributed by atoms with Crippen LogP contribution in [0.1, 0.15) is 52.7 Å². The first-order chi connectivity index (χ1) is 13.7. The minimum absolute atomic E-state index is 0.0172. The Labute approximate surface area is 173 Å². The third-order valence-corrected chi connectivity index (χ3v) is 5.53.